The fourth-order valence-corrected chi connectivity index (χ4v) is 1.80. The highest BCUT2D eigenvalue weighted by Gasteiger charge is 2.28. The maximum Gasteiger partial charge on any atom is 0.407 e. The minimum atomic E-state index is -1.66. The van der Waals surface area contributed by atoms with Gasteiger partial charge in [-0.25, -0.2) is 9.18 Å². The van der Waals surface area contributed by atoms with Crippen molar-refractivity contribution in [1.29, 1.82) is 0 Å². The molecule has 6 nitrogen and oxygen atoms in total. The molecule has 0 aliphatic heterocycles. The van der Waals surface area contributed by atoms with Crippen molar-refractivity contribution in [2.24, 2.45) is 5.73 Å². The van der Waals surface area contributed by atoms with Crippen LogP contribution in [0.5, 0.6) is 0 Å². The summed E-state index contributed by atoms with van der Waals surface area (Å²) in [6.07, 6.45) is -2.59. The average Bonchev–Trinajstić information content (AvgIpc) is 2.37. The summed E-state index contributed by atoms with van der Waals surface area (Å²) in [6.45, 7) is 5.01. The molecule has 0 aromatic heterocycles. The van der Waals surface area contributed by atoms with Crippen molar-refractivity contribution in [3.8, 4) is 0 Å². The molecule has 122 valence electrons. The van der Waals surface area contributed by atoms with Gasteiger partial charge in [0.25, 0.3) is 0 Å². The number of hydrogen-bond acceptors (Lipinski definition) is 4. The second-order valence-electron chi connectivity index (χ2n) is 5.90. The van der Waals surface area contributed by atoms with E-state index in [0.29, 0.717) is 0 Å². The number of carbonyl (C=O) groups excluding carboxylic acids is 2. The highest BCUT2D eigenvalue weighted by molar-refractivity contribution is 5.80. The van der Waals surface area contributed by atoms with Gasteiger partial charge in [-0.3, -0.25) is 4.79 Å². The molecule has 4 N–H and O–H groups in total. The minimum Gasteiger partial charge on any atom is -0.444 e. The van der Waals surface area contributed by atoms with Crippen LogP contribution in [0.3, 0.4) is 0 Å². The first-order chi connectivity index (χ1) is 10.1. The van der Waals surface area contributed by atoms with Crippen molar-refractivity contribution in [1.82, 2.24) is 5.32 Å². The number of halogens is 1. The molecule has 22 heavy (non-hydrogen) atoms. The Labute approximate surface area is 128 Å². The van der Waals surface area contributed by atoms with E-state index in [4.69, 9.17) is 10.5 Å². The number of nitrogens with one attached hydrogen (secondary N) is 1. The van der Waals surface area contributed by atoms with Crippen LogP contribution >= 0.6 is 0 Å². The quantitative estimate of drug-likeness (QED) is 0.758. The molecule has 0 aliphatic rings. The lowest BCUT2D eigenvalue weighted by Crippen LogP contribution is -2.51. The summed E-state index contributed by atoms with van der Waals surface area (Å²) in [6, 6.07) is 4.77. The molecule has 1 aromatic carbocycles. The van der Waals surface area contributed by atoms with Crippen molar-refractivity contribution >= 4 is 12.0 Å². The van der Waals surface area contributed by atoms with Crippen LogP contribution < -0.4 is 11.1 Å². The van der Waals surface area contributed by atoms with Gasteiger partial charge in [0.2, 0.25) is 5.91 Å². The van der Waals surface area contributed by atoms with E-state index < -0.39 is 35.6 Å². The van der Waals surface area contributed by atoms with Crippen LogP contribution in [-0.2, 0) is 16.0 Å². The van der Waals surface area contributed by atoms with Crippen LogP contribution in [0.15, 0.2) is 24.3 Å². The molecular formula is C15H21FN2O4. The molecule has 1 rings (SSSR count). The van der Waals surface area contributed by atoms with Crippen molar-refractivity contribution in [3.63, 3.8) is 0 Å². The van der Waals surface area contributed by atoms with Crippen molar-refractivity contribution in [3.05, 3.63) is 35.6 Å². The predicted octanol–water partition coefficient (Wildman–Crippen LogP) is 1.11. The Bertz CT molecular complexity index is 543. The van der Waals surface area contributed by atoms with Crippen LogP contribution in [-0.4, -0.2) is 34.9 Å². The highest BCUT2D eigenvalue weighted by Crippen LogP contribution is 2.13. The second-order valence-corrected chi connectivity index (χ2v) is 5.90. The molecule has 0 aliphatic carbocycles. The Hall–Kier alpha value is -2.15. The Morgan fingerprint density at radius 2 is 1.95 bits per heavy atom. The molecule has 2 amide bonds. The molecule has 1 aromatic rings. The van der Waals surface area contributed by atoms with E-state index in [0.717, 1.165) is 0 Å². The van der Waals surface area contributed by atoms with E-state index in [-0.39, 0.29) is 12.0 Å². The van der Waals surface area contributed by atoms with Gasteiger partial charge in [0.05, 0.1) is 6.04 Å². The third-order valence-corrected chi connectivity index (χ3v) is 2.77. The Balaban J connectivity index is 2.88. The third-order valence-electron chi connectivity index (χ3n) is 2.77. The van der Waals surface area contributed by atoms with Crippen molar-refractivity contribution in [2.75, 3.05) is 0 Å². The normalized spacial score (nSPS) is 14.0. The monoisotopic (exact) mass is 312 g/mol. The first kappa shape index (κ1) is 17.9. The summed E-state index contributed by atoms with van der Waals surface area (Å²) in [5.41, 5.74) is 4.55. The highest BCUT2D eigenvalue weighted by atomic mass is 19.1. The molecule has 0 saturated carbocycles. The van der Waals surface area contributed by atoms with Gasteiger partial charge in [-0.05, 0) is 38.8 Å². The fraction of sp³-hybridized carbons (Fsp3) is 0.467. The SMILES string of the molecule is CC(C)(C)OC(=O)N[C@@H](Cc1ccccc1F)C(O)C(N)=O. The van der Waals surface area contributed by atoms with Gasteiger partial charge >= 0.3 is 6.09 Å². The summed E-state index contributed by atoms with van der Waals surface area (Å²) < 4.78 is 18.7. The summed E-state index contributed by atoms with van der Waals surface area (Å²) in [4.78, 5) is 22.9. The topological polar surface area (TPSA) is 102 Å². The number of aliphatic hydroxyl groups excluding tert-OH is 1. The number of aliphatic hydroxyl groups is 1. The van der Waals surface area contributed by atoms with Gasteiger partial charge < -0.3 is 20.9 Å². The number of carbonyl (C=O) groups is 2. The van der Waals surface area contributed by atoms with Crippen LogP contribution in [0.25, 0.3) is 0 Å². The van der Waals surface area contributed by atoms with Gasteiger partial charge in [-0.2, -0.15) is 0 Å². The molecule has 7 heteroatoms. The fourth-order valence-electron chi connectivity index (χ4n) is 1.80. The summed E-state index contributed by atoms with van der Waals surface area (Å²) >= 11 is 0. The largest absolute Gasteiger partial charge is 0.444 e. The number of ether oxygens (including phenoxy) is 1. The van der Waals surface area contributed by atoms with E-state index in [9.17, 15) is 19.1 Å². The lowest BCUT2D eigenvalue weighted by molar-refractivity contribution is -0.127. The number of hydrogen-bond donors (Lipinski definition) is 3. The second kappa shape index (κ2) is 7.22. The van der Waals surface area contributed by atoms with Crippen LogP contribution in [0, 0.1) is 5.82 Å². The smallest absolute Gasteiger partial charge is 0.407 e. The molecule has 0 bridgehead atoms. The lowest BCUT2D eigenvalue weighted by atomic mass is 10.0. The van der Waals surface area contributed by atoms with Gasteiger partial charge in [0.15, 0.2) is 6.10 Å². The van der Waals surface area contributed by atoms with E-state index >= 15 is 0 Å². The van der Waals surface area contributed by atoms with Crippen molar-refractivity contribution < 1.29 is 23.8 Å². The lowest BCUT2D eigenvalue weighted by Gasteiger charge is -2.25. The molecule has 0 heterocycles. The van der Waals surface area contributed by atoms with E-state index in [1.54, 1.807) is 26.8 Å². The van der Waals surface area contributed by atoms with E-state index in [1.807, 2.05) is 0 Å². The number of primary amides is 1. The number of alkyl carbamates (subject to hydrolysis) is 1. The number of benzene rings is 1. The number of amides is 2. The van der Waals surface area contributed by atoms with Crippen molar-refractivity contribution in [2.45, 2.75) is 44.9 Å². The summed E-state index contributed by atoms with van der Waals surface area (Å²) in [5, 5.41) is 12.2. The summed E-state index contributed by atoms with van der Waals surface area (Å²) in [7, 11) is 0. The van der Waals surface area contributed by atoms with Crippen LogP contribution in [0.4, 0.5) is 9.18 Å². The molecule has 1 unspecified atom stereocenters. The maximum atomic E-state index is 13.7. The zero-order chi connectivity index (χ0) is 16.9. The maximum absolute atomic E-state index is 13.7. The number of nitrogens with two attached hydrogens (primary N) is 1. The van der Waals surface area contributed by atoms with Gasteiger partial charge in [-0.15, -0.1) is 0 Å². The zero-order valence-corrected chi connectivity index (χ0v) is 12.8. The zero-order valence-electron chi connectivity index (χ0n) is 12.8. The standard InChI is InChI=1S/C15H21FN2O4/c1-15(2,3)22-14(21)18-11(12(19)13(17)20)8-9-6-4-5-7-10(9)16/h4-7,11-12,19H,8H2,1-3H3,(H2,17,20)(H,18,21)/t11-,12?/m0/s1. The molecule has 0 saturated heterocycles. The number of rotatable bonds is 5. The Morgan fingerprint density at radius 3 is 2.45 bits per heavy atom. The molecule has 0 radical (unpaired) electrons. The minimum absolute atomic E-state index is 0.101. The molecular weight excluding hydrogens is 291 g/mol. The first-order valence-electron chi connectivity index (χ1n) is 6.80. The summed E-state index contributed by atoms with van der Waals surface area (Å²) in [5.74, 6) is -1.52. The average molecular weight is 312 g/mol. The molecule has 2 atom stereocenters. The van der Waals surface area contributed by atoms with Gasteiger partial charge in [-0.1, -0.05) is 18.2 Å². The Morgan fingerprint density at radius 1 is 1.36 bits per heavy atom. The first-order valence-corrected chi connectivity index (χ1v) is 6.80. The van der Waals surface area contributed by atoms with Crippen LogP contribution in [0.2, 0.25) is 0 Å². The Kier molecular flexibility index (Phi) is 5.87. The van der Waals surface area contributed by atoms with E-state index in [1.165, 1.54) is 18.2 Å². The van der Waals surface area contributed by atoms with E-state index in [2.05, 4.69) is 5.32 Å². The molecule has 0 spiro atoms. The van der Waals surface area contributed by atoms with Crippen LogP contribution in [0.1, 0.15) is 26.3 Å². The molecule has 0 fully saturated rings. The predicted molar refractivity (Wildman–Crippen MR) is 78.5 cm³/mol. The van der Waals surface area contributed by atoms with Gasteiger partial charge in [0, 0.05) is 0 Å². The third kappa shape index (κ3) is 5.69. The van der Waals surface area contributed by atoms with Gasteiger partial charge in [0.1, 0.15) is 11.4 Å².